The van der Waals surface area contributed by atoms with Gasteiger partial charge in [0.1, 0.15) is 0 Å². The van der Waals surface area contributed by atoms with Gasteiger partial charge in [0.25, 0.3) is 0 Å². The van der Waals surface area contributed by atoms with Crippen LogP contribution in [0.4, 0.5) is 5.95 Å². The molecule has 1 aliphatic rings. The average molecular weight is 250 g/mol. The summed E-state index contributed by atoms with van der Waals surface area (Å²) >= 11 is 0. The molecule has 0 aliphatic carbocycles. The van der Waals surface area contributed by atoms with E-state index in [0.717, 1.165) is 30.8 Å². The van der Waals surface area contributed by atoms with E-state index in [-0.39, 0.29) is 11.5 Å². The molecular formula is C13H22N4O. The Kier molecular flexibility index (Phi) is 3.52. The zero-order chi connectivity index (χ0) is 13.3. The molecular weight excluding hydrogens is 228 g/mol. The van der Waals surface area contributed by atoms with E-state index in [0.29, 0.717) is 12.5 Å². The van der Waals surface area contributed by atoms with E-state index >= 15 is 0 Å². The van der Waals surface area contributed by atoms with Crippen molar-refractivity contribution in [1.82, 2.24) is 15.2 Å². The van der Waals surface area contributed by atoms with Crippen molar-refractivity contribution in [2.24, 2.45) is 5.41 Å². The first-order chi connectivity index (χ1) is 8.47. The second-order valence-electron chi connectivity index (χ2n) is 5.60. The number of nitrogens with zero attached hydrogens (tertiary/aromatic N) is 4. The fourth-order valence-electron chi connectivity index (χ4n) is 2.33. The fraction of sp³-hybridized carbons (Fsp3) is 0.769. The first kappa shape index (κ1) is 13.2. The van der Waals surface area contributed by atoms with Gasteiger partial charge in [0.15, 0.2) is 0 Å². The number of aliphatic hydroxyl groups excluding tert-OH is 1. The summed E-state index contributed by atoms with van der Waals surface area (Å²) in [5.74, 6) is 0.647. The Bertz CT molecular complexity index is 433. The zero-order valence-electron chi connectivity index (χ0n) is 11.6. The SMILES string of the molecule is CCc1nnc(N2CC(O)C(C)(C)C2)nc1CC. The molecule has 0 bridgehead atoms. The predicted molar refractivity (Wildman–Crippen MR) is 70.6 cm³/mol. The lowest BCUT2D eigenvalue weighted by molar-refractivity contribution is 0.0964. The quantitative estimate of drug-likeness (QED) is 0.873. The standard InChI is InChI=1S/C13H22N4O/c1-5-9-10(6-2)15-16-12(14-9)17-7-11(18)13(3,4)8-17/h11,18H,5-8H2,1-4H3. The molecule has 1 aliphatic heterocycles. The number of hydrogen-bond acceptors (Lipinski definition) is 5. The molecule has 1 saturated heterocycles. The van der Waals surface area contributed by atoms with E-state index in [1.165, 1.54) is 0 Å². The highest BCUT2D eigenvalue weighted by atomic mass is 16.3. The summed E-state index contributed by atoms with van der Waals surface area (Å²) in [7, 11) is 0. The first-order valence-electron chi connectivity index (χ1n) is 6.63. The number of aliphatic hydroxyl groups is 1. The van der Waals surface area contributed by atoms with Crippen molar-refractivity contribution >= 4 is 5.95 Å². The molecule has 18 heavy (non-hydrogen) atoms. The molecule has 1 aromatic rings. The van der Waals surface area contributed by atoms with E-state index < -0.39 is 0 Å². The normalized spacial score (nSPS) is 22.5. The number of anilines is 1. The molecule has 5 nitrogen and oxygen atoms in total. The summed E-state index contributed by atoms with van der Waals surface area (Å²) in [6.07, 6.45) is 1.39. The molecule has 2 heterocycles. The summed E-state index contributed by atoms with van der Waals surface area (Å²) in [4.78, 5) is 6.61. The highest BCUT2D eigenvalue weighted by Gasteiger charge is 2.39. The van der Waals surface area contributed by atoms with Gasteiger partial charge in [-0.05, 0) is 12.8 Å². The highest BCUT2D eigenvalue weighted by Crippen LogP contribution is 2.31. The van der Waals surface area contributed by atoms with Gasteiger partial charge < -0.3 is 10.0 Å². The predicted octanol–water partition coefficient (Wildman–Crippen LogP) is 1.20. The van der Waals surface area contributed by atoms with Crippen LogP contribution < -0.4 is 4.90 Å². The minimum absolute atomic E-state index is 0.112. The van der Waals surface area contributed by atoms with Crippen molar-refractivity contribution in [1.29, 1.82) is 0 Å². The second-order valence-corrected chi connectivity index (χ2v) is 5.60. The Labute approximate surface area is 108 Å². The van der Waals surface area contributed by atoms with Crippen LogP contribution in [0.15, 0.2) is 0 Å². The molecule has 1 N–H and O–H groups in total. The van der Waals surface area contributed by atoms with Crippen LogP contribution in [-0.4, -0.2) is 39.5 Å². The van der Waals surface area contributed by atoms with Crippen LogP contribution >= 0.6 is 0 Å². The Morgan fingerprint density at radius 2 is 1.89 bits per heavy atom. The monoisotopic (exact) mass is 250 g/mol. The third kappa shape index (κ3) is 2.32. The first-order valence-corrected chi connectivity index (χ1v) is 6.63. The molecule has 1 unspecified atom stereocenters. The van der Waals surface area contributed by atoms with Gasteiger partial charge in [0.05, 0.1) is 17.5 Å². The number of rotatable bonds is 3. The van der Waals surface area contributed by atoms with Crippen molar-refractivity contribution in [3.63, 3.8) is 0 Å². The van der Waals surface area contributed by atoms with E-state index in [4.69, 9.17) is 0 Å². The minimum atomic E-state index is -0.336. The smallest absolute Gasteiger partial charge is 0.245 e. The van der Waals surface area contributed by atoms with Crippen molar-refractivity contribution in [3.8, 4) is 0 Å². The van der Waals surface area contributed by atoms with Gasteiger partial charge in [-0.15, -0.1) is 5.10 Å². The molecule has 1 atom stereocenters. The third-order valence-electron chi connectivity index (χ3n) is 3.67. The summed E-state index contributed by atoms with van der Waals surface area (Å²) in [6.45, 7) is 9.62. The molecule has 1 aromatic heterocycles. The number of β-amino-alcohol motifs (C(OH)–C–C–N with tert-alkyl or cyclic N) is 1. The minimum Gasteiger partial charge on any atom is -0.391 e. The second kappa shape index (κ2) is 4.80. The van der Waals surface area contributed by atoms with Crippen LogP contribution in [0.2, 0.25) is 0 Å². The molecule has 0 saturated carbocycles. The van der Waals surface area contributed by atoms with Crippen LogP contribution in [0.1, 0.15) is 39.1 Å². The average Bonchev–Trinajstić information content (AvgIpc) is 2.63. The van der Waals surface area contributed by atoms with Crippen LogP contribution in [0, 0.1) is 5.41 Å². The summed E-state index contributed by atoms with van der Waals surface area (Å²) < 4.78 is 0. The lowest BCUT2D eigenvalue weighted by Gasteiger charge is -2.21. The van der Waals surface area contributed by atoms with E-state index in [1.807, 2.05) is 4.90 Å². The summed E-state index contributed by atoms with van der Waals surface area (Å²) in [5, 5.41) is 18.4. The Morgan fingerprint density at radius 1 is 1.22 bits per heavy atom. The van der Waals surface area contributed by atoms with Gasteiger partial charge in [-0.25, -0.2) is 4.98 Å². The third-order valence-corrected chi connectivity index (χ3v) is 3.67. The maximum absolute atomic E-state index is 10.00. The van der Waals surface area contributed by atoms with Gasteiger partial charge in [-0.2, -0.15) is 5.10 Å². The lowest BCUT2D eigenvalue weighted by atomic mass is 9.90. The maximum Gasteiger partial charge on any atom is 0.245 e. The Morgan fingerprint density at radius 3 is 2.39 bits per heavy atom. The van der Waals surface area contributed by atoms with Crippen LogP contribution in [0.5, 0.6) is 0 Å². The fourth-order valence-corrected chi connectivity index (χ4v) is 2.33. The maximum atomic E-state index is 10.00. The molecule has 0 radical (unpaired) electrons. The lowest BCUT2D eigenvalue weighted by Crippen LogP contribution is -2.26. The Balaban J connectivity index is 2.25. The number of aryl methyl sites for hydroxylation is 2. The van der Waals surface area contributed by atoms with E-state index in [2.05, 4.69) is 42.9 Å². The molecule has 1 fully saturated rings. The molecule has 0 amide bonds. The van der Waals surface area contributed by atoms with Crippen molar-refractivity contribution in [2.45, 2.75) is 46.6 Å². The molecule has 2 rings (SSSR count). The van der Waals surface area contributed by atoms with Gasteiger partial charge in [-0.1, -0.05) is 27.7 Å². The van der Waals surface area contributed by atoms with Gasteiger partial charge in [-0.3, -0.25) is 0 Å². The van der Waals surface area contributed by atoms with Crippen molar-refractivity contribution in [3.05, 3.63) is 11.4 Å². The number of hydrogen-bond donors (Lipinski definition) is 1. The topological polar surface area (TPSA) is 62.1 Å². The summed E-state index contributed by atoms with van der Waals surface area (Å²) in [5.41, 5.74) is 1.88. The number of aromatic nitrogens is 3. The molecule has 0 spiro atoms. The van der Waals surface area contributed by atoms with Gasteiger partial charge >= 0.3 is 0 Å². The molecule has 5 heteroatoms. The summed E-state index contributed by atoms with van der Waals surface area (Å²) in [6, 6.07) is 0. The Hall–Kier alpha value is -1.23. The zero-order valence-corrected chi connectivity index (χ0v) is 11.6. The van der Waals surface area contributed by atoms with Crippen LogP contribution in [0.3, 0.4) is 0 Å². The van der Waals surface area contributed by atoms with Crippen LogP contribution in [0.25, 0.3) is 0 Å². The molecule has 100 valence electrons. The van der Waals surface area contributed by atoms with E-state index in [9.17, 15) is 5.11 Å². The van der Waals surface area contributed by atoms with E-state index in [1.54, 1.807) is 0 Å². The highest BCUT2D eigenvalue weighted by molar-refractivity contribution is 5.34. The van der Waals surface area contributed by atoms with Crippen molar-refractivity contribution < 1.29 is 5.11 Å². The van der Waals surface area contributed by atoms with Crippen LogP contribution in [-0.2, 0) is 12.8 Å². The molecule has 0 aromatic carbocycles. The van der Waals surface area contributed by atoms with Crippen molar-refractivity contribution in [2.75, 3.05) is 18.0 Å². The van der Waals surface area contributed by atoms with Gasteiger partial charge in [0, 0.05) is 18.5 Å². The van der Waals surface area contributed by atoms with Gasteiger partial charge in [0.2, 0.25) is 5.95 Å². The largest absolute Gasteiger partial charge is 0.391 e.